The molecule has 4 aromatic rings. The second-order valence-electron chi connectivity index (χ2n) is 6.80. The Labute approximate surface area is 155 Å². The number of aryl methyl sites for hydroxylation is 3. The SMILES string of the molecule is Cc1cc(-c2nc(C3CCOC3)nn2-c2ccc3nnc(C)n3n2)c(C)o1. The molecule has 0 amide bonds. The van der Waals surface area contributed by atoms with Crippen LogP contribution in [0.15, 0.2) is 22.6 Å². The molecule has 5 rings (SSSR count). The standard InChI is InChI=1S/C18H19N7O2/c1-10-8-14(11(2)27-10)18-19-17(13-6-7-26-9-13)23-25(18)16-5-4-15-21-20-12(3)24(15)22-16/h4-5,8,13H,6-7,9H2,1-3H3. The zero-order chi connectivity index (χ0) is 18.5. The van der Waals surface area contributed by atoms with E-state index in [1.807, 2.05) is 39.0 Å². The predicted octanol–water partition coefficient (Wildman–Crippen LogP) is 2.39. The molecule has 0 aliphatic carbocycles. The van der Waals surface area contributed by atoms with E-state index in [9.17, 15) is 0 Å². The lowest BCUT2D eigenvalue weighted by atomic mass is 10.1. The van der Waals surface area contributed by atoms with Crippen LogP contribution in [-0.2, 0) is 4.74 Å². The average Bonchev–Trinajstić information content (AvgIpc) is 3.42. The van der Waals surface area contributed by atoms with Gasteiger partial charge in [0.2, 0.25) is 0 Å². The first-order chi connectivity index (χ1) is 13.1. The molecule has 1 saturated heterocycles. The van der Waals surface area contributed by atoms with Gasteiger partial charge < -0.3 is 9.15 Å². The molecule has 138 valence electrons. The predicted molar refractivity (Wildman–Crippen MR) is 95.8 cm³/mol. The molecule has 9 nitrogen and oxygen atoms in total. The Morgan fingerprint density at radius 1 is 1.11 bits per heavy atom. The van der Waals surface area contributed by atoms with Crippen LogP contribution in [-0.4, -0.2) is 47.8 Å². The van der Waals surface area contributed by atoms with E-state index in [0.29, 0.717) is 29.7 Å². The van der Waals surface area contributed by atoms with Crippen LogP contribution in [0.5, 0.6) is 0 Å². The molecule has 0 radical (unpaired) electrons. The summed E-state index contributed by atoms with van der Waals surface area (Å²) in [5.41, 5.74) is 1.60. The smallest absolute Gasteiger partial charge is 0.178 e. The zero-order valence-corrected chi connectivity index (χ0v) is 15.4. The van der Waals surface area contributed by atoms with Gasteiger partial charge in [0, 0.05) is 12.5 Å². The zero-order valence-electron chi connectivity index (χ0n) is 15.4. The fourth-order valence-corrected chi connectivity index (χ4v) is 3.43. The van der Waals surface area contributed by atoms with Gasteiger partial charge in [-0.15, -0.1) is 20.4 Å². The first kappa shape index (κ1) is 16.1. The van der Waals surface area contributed by atoms with Crippen LogP contribution in [0.3, 0.4) is 0 Å². The molecule has 0 N–H and O–H groups in total. The van der Waals surface area contributed by atoms with Crippen molar-refractivity contribution < 1.29 is 9.15 Å². The van der Waals surface area contributed by atoms with Crippen LogP contribution in [0, 0.1) is 20.8 Å². The van der Waals surface area contributed by atoms with Crippen LogP contribution < -0.4 is 0 Å². The van der Waals surface area contributed by atoms with Gasteiger partial charge in [0.1, 0.15) is 11.5 Å². The fourth-order valence-electron chi connectivity index (χ4n) is 3.43. The third-order valence-corrected chi connectivity index (χ3v) is 4.82. The van der Waals surface area contributed by atoms with Gasteiger partial charge in [0.25, 0.3) is 0 Å². The monoisotopic (exact) mass is 365 g/mol. The molecule has 1 atom stereocenters. The molecule has 9 heteroatoms. The van der Waals surface area contributed by atoms with E-state index in [0.717, 1.165) is 35.9 Å². The normalized spacial score (nSPS) is 17.2. The number of fused-ring (bicyclic) bond motifs is 1. The molecule has 0 bridgehead atoms. The van der Waals surface area contributed by atoms with Crippen molar-refractivity contribution >= 4 is 5.65 Å². The lowest BCUT2D eigenvalue weighted by molar-refractivity contribution is 0.193. The molecule has 1 unspecified atom stereocenters. The minimum atomic E-state index is 0.193. The lowest BCUT2D eigenvalue weighted by Crippen LogP contribution is -2.07. The van der Waals surface area contributed by atoms with Crippen LogP contribution in [0.25, 0.3) is 22.9 Å². The van der Waals surface area contributed by atoms with Gasteiger partial charge >= 0.3 is 0 Å². The highest BCUT2D eigenvalue weighted by Gasteiger charge is 2.26. The van der Waals surface area contributed by atoms with Crippen LogP contribution in [0.2, 0.25) is 0 Å². The van der Waals surface area contributed by atoms with Crippen molar-refractivity contribution in [3.8, 4) is 17.2 Å². The highest BCUT2D eigenvalue weighted by atomic mass is 16.5. The maximum Gasteiger partial charge on any atom is 0.178 e. The second kappa shape index (κ2) is 5.98. The maximum atomic E-state index is 5.72. The maximum absolute atomic E-state index is 5.72. The van der Waals surface area contributed by atoms with Gasteiger partial charge in [0.05, 0.1) is 12.2 Å². The highest BCUT2D eigenvalue weighted by Crippen LogP contribution is 2.30. The summed E-state index contributed by atoms with van der Waals surface area (Å²) < 4.78 is 14.7. The molecule has 4 aromatic heterocycles. The molecule has 5 heterocycles. The summed E-state index contributed by atoms with van der Waals surface area (Å²) in [5, 5.41) is 17.6. The Morgan fingerprint density at radius 3 is 2.74 bits per heavy atom. The summed E-state index contributed by atoms with van der Waals surface area (Å²) in [6.07, 6.45) is 0.920. The minimum absolute atomic E-state index is 0.193. The van der Waals surface area contributed by atoms with Gasteiger partial charge in [-0.05, 0) is 45.4 Å². The molecule has 27 heavy (non-hydrogen) atoms. The molecule has 0 saturated carbocycles. The van der Waals surface area contributed by atoms with Crippen LogP contribution >= 0.6 is 0 Å². The molecule has 1 fully saturated rings. The summed E-state index contributed by atoms with van der Waals surface area (Å²) in [5.74, 6) is 4.67. The summed E-state index contributed by atoms with van der Waals surface area (Å²) in [6, 6.07) is 5.73. The third-order valence-electron chi connectivity index (χ3n) is 4.82. The van der Waals surface area contributed by atoms with Crippen molar-refractivity contribution in [2.24, 2.45) is 0 Å². The van der Waals surface area contributed by atoms with Gasteiger partial charge in [0.15, 0.2) is 28.9 Å². The van der Waals surface area contributed by atoms with Crippen LogP contribution in [0.4, 0.5) is 0 Å². The topological polar surface area (TPSA) is 96.2 Å². The van der Waals surface area contributed by atoms with Crippen molar-refractivity contribution in [3.63, 3.8) is 0 Å². The van der Waals surface area contributed by atoms with E-state index in [1.165, 1.54) is 0 Å². The van der Waals surface area contributed by atoms with E-state index in [-0.39, 0.29) is 5.92 Å². The van der Waals surface area contributed by atoms with Crippen molar-refractivity contribution in [1.82, 2.24) is 34.6 Å². The Morgan fingerprint density at radius 2 is 2.00 bits per heavy atom. The van der Waals surface area contributed by atoms with Gasteiger partial charge in [-0.25, -0.2) is 4.98 Å². The van der Waals surface area contributed by atoms with Crippen LogP contribution in [0.1, 0.15) is 35.5 Å². The molecule has 0 aromatic carbocycles. The Kier molecular flexibility index (Phi) is 3.57. The number of furan rings is 1. The molecule has 1 aliphatic rings. The number of ether oxygens (including phenoxy) is 1. The van der Waals surface area contributed by atoms with E-state index < -0.39 is 0 Å². The van der Waals surface area contributed by atoms with E-state index in [1.54, 1.807) is 9.20 Å². The molecular formula is C18H19N7O2. The highest BCUT2D eigenvalue weighted by molar-refractivity contribution is 5.60. The lowest BCUT2D eigenvalue weighted by Gasteiger charge is -2.05. The first-order valence-electron chi connectivity index (χ1n) is 8.91. The van der Waals surface area contributed by atoms with E-state index in [4.69, 9.17) is 19.2 Å². The first-order valence-corrected chi connectivity index (χ1v) is 8.91. The average molecular weight is 365 g/mol. The van der Waals surface area contributed by atoms with Gasteiger partial charge in [-0.1, -0.05) is 0 Å². The van der Waals surface area contributed by atoms with E-state index >= 15 is 0 Å². The fraction of sp³-hybridized carbons (Fsp3) is 0.389. The van der Waals surface area contributed by atoms with Gasteiger partial charge in [-0.2, -0.15) is 9.20 Å². The molecule has 1 aliphatic heterocycles. The largest absolute Gasteiger partial charge is 0.466 e. The molecule has 0 spiro atoms. The van der Waals surface area contributed by atoms with E-state index in [2.05, 4.69) is 15.3 Å². The number of hydrogen-bond acceptors (Lipinski definition) is 7. The van der Waals surface area contributed by atoms with Crippen molar-refractivity contribution in [2.75, 3.05) is 13.2 Å². The summed E-state index contributed by atoms with van der Waals surface area (Å²) >= 11 is 0. The summed E-state index contributed by atoms with van der Waals surface area (Å²) in [7, 11) is 0. The number of nitrogens with zero attached hydrogens (tertiary/aromatic N) is 7. The minimum Gasteiger partial charge on any atom is -0.466 e. The Hall–Kier alpha value is -3.07. The number of hydrogen-bond donors (Lipinski definition) is 0. The molecular weight excluding hydrogens is 346 g/mol. The second-order valence-corrected chi connectivity index (χ2v) is 6.80. The Bertz CT molecular complexity index is 1130. The quantitative estimate of drug-likeness (QED) is 0.550. The van der Waals surface area contributed by atoms with Crippen molar-refractivity contribution in [2.45, 2.75) is 33.1 Å². The Balaban J connectivity index is 1.70. The van der Waals surface area contributed by atoms with Crippen molar-refractivity contribution in [3.05, 3.63) is 41.4 Å². The summed E-state index contributed by atoms with van der Waals surface area (Å²) in [4.78, 5) is 4.83. The van der Waals surface area contributed by atoms with Crippen molar-refractivity contribution in [1.29, 1.82) is 0 Å². The third kappa shape index (κ3) is 2.62. The number of rotatable bonds is 3. The number of aromatic nitrogens is 7. The summed E-state index contributed by atoms with van der Waals surface area (Å²) in [6.45, 7) is 7.10. The van der Waals surface area contributed by atoms with Gasteiger partial charge in [-0.3, -0.25) is 0 Å².